The first kappa shape index (κ1) is 20.2. The largest absolute Gasteiger partial charge is 0.324 e. The molecule has 3 aromatic rings. The Balaban J connectivity index is 1.70. The summed E-state index contributed by atoms with van der Waals surface area (Å²) < 4.78 is 1.92. The van der Waals surface area contributed by atoms with E-state index >= 15 is 0 Å². The Kier molecular flexibility index (Phi) is 6.83. The predicted octanol–water partition coefficient (Wildman–Crippen LogP) is 5.88. The quantitative estimate of drug-likeness (QED) is 0.272. The molecule has 1 amide bonds. The van der Waals surface area contributed by atoms with Crippen molar-refractivity contribution in [2.75, 3.05) is 11.1 Å². The van der Waals surface area contributed by atoms with E-state index in [1.54, 1.807) is 17.4 Å². The summed E-state index contributed by atoms with van der Waals surface area (Å²) in [5.41, 5.74) is 0.406. The molecule has 1 aromatic carbocycles. The van der Waals surface area contributed by atoms with E-state index in [1.165, 1.54) is 23.9 Å². The zero-order valence-corrected chi connectivity index (χ0v) is 17.7. The fourth-order valence-corrected chi connectivity index (χ4v) is 4.27. The lowest BCUT2D eigenvalue weighted by molar-refractivity contribution is -0.113. The molecule has 0 saturated heterocycles. The van der Waals surface area contributed by atoms with Crippen LogP contribution in [-0.4, -0.2) is 26.4 Å². The molecule has 1 N–H and O–H groups in total. The van der Waals surface area contributed by atoms with Crippen molar-refractivity contribution >= 4 is 69.5 Å². The zero-order chi connectivity index (χ0) is 19.4. The highest BCUT2D eigenvalue weighted by atomic mass is 35.5. The molecule has 0 saturated carbocycles. The molecule has 0 aliphatic heterocycles. The molecule has 2 aromatic heterocycles. The molecular weight excluding hydrogens is 447 g/mol. The van der Waals surface area contributed by atoms with Crippen molar-refractivity contribution in [1.82, 2.24) is 14.8 Å². The Hall–Kier alpha value is -1.51. The van der Waals surface area contributed by atoms with E-state index in [0.29, 0.717) is 32.5 Å². The maximum Gasteiger partial charge on any atom is 0.234 e. The normalized spacial score (nSPS) is 10.8. The number of hydrogen-bond donors (Lipinski definition) is 1. The Morgan fingerprint density at radius 1 is 1.26 bits per heavy atom. The summed E-state index contributed by atoms with van der Waals surface area (Å²) in [7, 11) is 0. The van der Waals surface area contributed by atoms with Crippen molar-refractivity contribution < 1.29 is 4.79 Å². The zero-order valence-electron chi connectivity index (χ0n) is 13.8. The summed E-state index contributed by atoms with van der Waals surface area (Å²) in [4.78, 5) is 13.3. The van der Waals surface area contributed by atoms with E-state index in [2.05, 4.69) is 22.1 Å². The van der Waals surface area contributed by atoms with Crippen LogP contribution in [0.15, 0.2) is 47.5 Å². The number of amides is 1. The molecular formula is C17H13Cl3N4OS2. The molecule has 2 heterocycles. The molecule has 5 nitrogen and oxygen atoms in total. The average molecular weight is 460 g/mol. The topological polar surface area (TPSA) is 59.8 Å². The predicted molar refractivity (Wildman–Crippen MR) is 114 cm³/mol. The van der Waals surface area contributed by atoms with E-state index in [-0.39, 0.29) is 11.7 Å². The van der Waals surface area contributed by atoms with Gasteiger partial charge in [0, 0.05) is 6.54 Å². The van der Waals surface area contributed by atoms with Gasteiger partial charge in [-0.25, -0.2) is 0 Å². The van der Waals surface area contributed by atoms with Crippen molar-refractivity contribution in [2.24, 2.45) is 0 Å². The molecule has 27 heavy (non-hydrogen) atoms. The molecule has 140 valence electrons. The van der Waals surface area contributed by atoms with E-state index in [1.807, 2.05) is 22.1 Å². The van der Waals surface area contributed by atoms with Crippen LogP contribution in [0.25, 0.3) is 10.7 Å². The minimum Gasteiger partial charge on any atom is -0.324 e. The number of benzene rings is 1. The number of thioether (sulfide) groups is 1. The Bertz CT molecular complexity index is 973. The van der Waals surface area contributed by atoms with Gasteiger partial charge >= 0.3 is 0 Å². The van der Waals surface area contributed by atoms with Gasteiger partial charge in [0.05, 0.1) is 31.4 Å². The third-order valence-electron chi connectivity index (χ3n) is 3.39. The monoisotopic (exact) mass is 458 g/mol. The van der Waals surface area contributed by atoms with Gasteiger partial charge in [0.25, 0.3) is 0 Å². The summed E-state index contributed by atoms with van der Waals surface area (Å²) in [6.07, 6.45) is 1.76. The fourth-order valence-electron chi connectivity index (χ4n) is 2.21. The third-order valence-corrected chi connectivity index (χ3v) is 6.25. The first-order chi connectivity index (χ1) is 13.0. The van der Waals surface area contributed by atoms with Crippen LogP contribution in [0.4, 0.5) is 5.69 Å². The van der Waals surface area contributed by atoms with E-state index < -0.39 is 0 Å². The summed E-state index contributed by atoms with van der Waals surface area (Å²) in [5.74, 6) is 0.641. The van der Waals surface area contributed by atoms with Crippen LogP contribution in [0.3, 0.4) is 0 Å². The first-order valence-corrected chi connectivity index (χ1v) is 10.6. The lowest BCUT2D eigenvalue weighted by Crippen LogP contribution is -2.15. The minimum absolute atomic E-state index is 0.135. The number of hydrogen-bond acceptors (Lipinski definition) is 5. The average Bonchev–Trinajstić information content (AvgIpc) is 3.28. The molecule has 3 rings (SSSR count). The highest BCUT2D eigenvalue weighted by molar-refractivity contribution is 7.99. The second kappa shape index (κ2) is 9.12. The molecule has 0 fully saturated rings. The summed E-state index contributed by atoms with van der Waals surface area (Å²) in [5, 5.41) is 14.7. The van der Waals surface area contributed by atoms with E-state index in [9.17, 15) is 4.79 Å². The smallest absolute Gasteiger partial charge is 0.234 e. The van der Waals surface area contributed by atoms with Crippen molar-refractivity contribution in [1.29, 1.82) is 0 Å². The number of halogens is 3. The van der Waals surface area contributed by atoms with E-state index in [0.717, 1.165) is 10.7 Å². The number of allylic oxidation sites excluding steroid dienone is 1. The molecule has 0 bridgehead atoms. The lowest BCUT2D eigenvalue weighted by atomic mass is 10.3. The van der Waals surface area contributed by atoms with Crippen LogP contribution in [0.1, 0.15) is 0 Å². The number of aromatic nitrogens is 3. The molecule has 10 heteroatoms. The molecule has 0 spiro atoms. The van der Waals surface area contributed by atoms with Gasteiger partial charge in [-0.1, -0.05) is 58.7 Å². The number of nitrogens with one attached hydrogen (secondary N) is 1. The number of carbonyl (C=O) groups excluding carboxylic acids is 1. The third kappa shape index (κ3) is 4.86. The van der Waals surface area contributed by atoms with Gasteiger partial charge in [-0.2, -0.15) is 0 Å². The van der Waals surface area contributed by atoms with Crippen molar-refractivity contribution in [2.45, 2.75) is 11.7 Å². The number of rotatable bonds is 7. The van der Waals surface area contributed by atoms with Crippen LogP contribution in [0.5, 0.6) is 0 Å². The van der Waals surface area contributed by atoms with Crippen LogP contribution in [0.2, 0.25) is 15.1 Å². The van der Waals surface area contributed by atoms with Gasteiger partial charge in [0.1, 0.15) is 0 Å². The molecule has 0 aliphatic carbocycles. The van der Waals surface area contributed by atoms with Gasteiger partial charge in [-0.05, 0) is 23.6 Å². The highest BCUT2D eigenvalue weighted by Crippen LogP contribution is 2.32. The van der Waals surface area contributed by atoms with Gasteiger partial charge in [-0.3, -0.25) is 9.36 Å². The molecule has 0 atom stereocenters. The summed E-state index contributed by atoms with van der Waals surface area (Å²) >= 11 is 20.8. The maximum atomic E-state index is 12.3. The lowest BCUT2D eigenvalue weighted by Gasteiger charge is -2.09. The number of nitrogens with zero attached hydrogens (tertiary/aromatic N) is 3. The number of carbonyl (C=O) groups is 1. The standard InChI is InChI=1S/C17H13Cl3N4OS2/c1-2-5-24-16(14-4-3-6-26-14)22-23-17(24)27-9-15(25)21-13-8-11(19)10(18)7-12(13)20/h2-4,6-8H,1,5,9H2,(H,21,25). The summed E-state index contributed by atoms with van der Waals surface area (Å²) in [6.45, 7) is 4.32. The van der Waals surface area contributed by atoms with Crippen LogP contribution < -0.4 is 5.32 Å². The van der Waals surface area contributed by atoms with Gasteiger partial charge in [0.15, 0.2) is 11.0 Å². The van der Waals surface area contributed by atoms with E-state index in [4.69, 9.17) is 34.8 Å². The minimum atomic E-state index is -0.244. The molecule has 0 radical (unpaired) electrons. The second-order valence-corrected chi connectivity index (χ2v) is 8.38. The highest BCUT2D eigenvalue weighted by Gasteiger charge is 2.16. The van der Waals surface area contributed by atoms with Crippen LogP contribution in [0, 0.1) is 0 Å². The van der Waals surface area contributed by atoms with Crippen molar-refractivity contribution in [3.8, 4) is 10.7 Å². The number of thiophene rings is 1. The molecule has 0 unspecified atom stereocenters. The fraction of sp³-hybridized carbons (Fsp3) is 0.118. The van der Waals surface area contributed by atoms with Gasteiger partial charge in [-0.15, -0.1) is 28.1 Å². The Morgan fingerprint density at radius 3 is 2.74 bits per heavy atom. The van der Waals surface area contributed by atoms with Gasteiger partial charge in [0.2, 0.25) is 5.91 Å². The van der Waals surface area contributed by atoms with Crippen LogP contribution >= 0.6 is 57.9 Å². The molecule has 0 aliphatic rings. The Labute approximate surface area is 179 Å². The first-order valence-electron chi connectivity index (χ1n) is 7.64. The van der Waals surface area contributed by atoms with Gasteiger partial charge < -0.3 is 5.32 Å². The van der Waals surface area contributed by atoms with Crippen molar-refractivity contribution in [3.63, 3.8) is 0 Å². The second-order valence-electron chi connectivity index (χ2n) is 5.27. The maximum absolute atomic E-state index is 12.3. The summed E-state index contributed by atoms with van der Waals surface area (Å²) in [6, 6.07) is 6.93. The van der Waals surface area contributed by atoms with Crippen LogP contribution in [-0.2, 0) is 11.3 Å². The SMILES string of the molecule is C=CCn1c(SCC(=O)Nc2cc(Cl)c(Cl)cc2Cl)nnc1-c1cccs1. The number of anilines is 1. The Morgan fingerprint density at radius 2 is 2.04 bits per heavy atom. The van der Waals surface area contributed by atoms with Crippen molar-refractivity contribution in [3.05, 3.63) is 57.4 Å².